The van der Waals surface area contributed by atoms with Gasteiger partial charge in [0.2, 0.25) is 0 Å². The number of anilines is 1. The van der Waals surface area contributed by atoms with Crippen molar-refractivity contribution in [1.82, 2.24) is 15.0 Å². The van der Waals surface area contributed by atoms with Gasteiger partial charge in [0.1, 0.15) is 0 Å². The molecule has 0 unspecified atom stereocenters. The molecule has 4 nitrogen and oxygen atoms in total. The maximum Gasteiger partial charge on any atom is 0.188 e. The van der Waals surface area contributed by atoms with E-state index in [-0.39, 0.29) is 0 Å². The van der Waals surface area contributed by atoms with Crippen molar-refractivity contribution < 1.29 is 0 Å². The van der Waals surface area contributed by atoms with Gasteiger partial charge in [0.05, 0.1) is 12.2 Å². The van der Waals surface area contributed by atoms with Gasteiger partial charge in [-0.05, 0) is 30.7 Å². The van der Waals surface area contributed by atoms with E-state index in [4.69, 9.17) is 4.98 Å². The number of aryl methyl sites for hydroxylation is 1. The first-order chi connectivity index (χ1) is 13.3. The fourth-order valence-electron chi connectivity index (χ4n) is 2.89. The van der Waals surface area contributed by atoms with E-state index < -0.39 is 0 Å². The van der Waals surface area contributed by atoms with E-state index in [0.717, 1.165) is 23.8 Å². The van der Waals surface area contributed by atoms with Crippen LogP contribution in [0.5, 0.6) is 0 Å². The molecule has 0 amide bonds. The lowest BCUT2D eigenvalue weighted by Crippen LogP contribution is -2.22. The van der Waals surface area contributed by atoms with Crippen LogP contribution in [0.2, 0.25) is 0 Å². The number of hydrogen-bond donors (Lipinski definition) is 0. The van der Waals surface area contributed by atoms with Crippen molar-refractivity contribution in [3.63, 3.8) is 0 Å². The molecule has 0 bridgehead atoms. The van der Waals surface area contributed by atoms with Crippen molar-refractivity contribution in [3.8, 4) is 10.8 Å². The first kappa shape index (κ1) is 17.4. The van der Waals surface area contributed by atoms with E-state index in [2.05, 4.69) is 75.7 Å². The first-order valence-corrected chi connectivity index (χ1v) is 9.73. The Labute approximate surface area is 163 Å². The number of rotatable bonds is 6. The monoisotopic (exact) mass is 372 g/mol. The number of nitrogens with zero attached hydrogens (tertiary/aromatic N) is 4. The zero-order chi connectivity index (χ0) is 18.5. The van der Waals surface area contributed by atoms with E-state index in [1.165, 1.54) is 16.8 Å². The Morgan fingerprint density at radius 1 is 0.852 bits per heavy atom. The van der Waals surface area contributed by atoms with E-state index in [0.29, 0.717) is 5.82 Å². The molecule has 134 valence electrons. The van der Waals surface area contributed by atoms with Gasteiger partial charge in [-0.25, -0.2) is 15.0 Å². The zero-order valence-corrected chi connectivity index (χ0v) is 15.9. The quantitative estimate of drug-likeness (QED) is 0.471. The Bertz CT molecular complexity index is 982. The Hall–Kier alpha value is -3.05. The average molecular weight is 372 g/mol. The predicted octanol–water partition coefficient (Wildman–Crippen LogP) is 5.12. The third kappa shape index (κ3) is 4.38. The maximum atomic E-state index is 4.76. The summed E-state index contributed by atoms with van der Waals surface area (Å²) < 4.78 is 0. The average Bonchev–Trinajstić information content (AvgIpc) is 3.18. The van der Waals surface area contributed by atoms with Crippen LogP contribution in [-0.2, 0) is 13.1 Å². The minimum Gasteiger partial charge on any atom is -0.361 e. The highest BCUT2D eigenvalue weighted by Crippen LogP contribution is 2.24. The maximum absolute atomic E-state index is 4.76. The van der Waals surface area contributed by atoms with Crippen LogP contribution in [0.1, 0.15) is 16.8 Å². The van der Waals surface area contributed by atoms with Crippen LogP contribution in [0, 0.1) is 6.92 Å². The van der Waals surface area contributed by atoms with Crippen LogP contribution in [0.25, 0.3) is 10.8 Å². The molecule has 0 atom stereocenters. The third-order valence-electron chi connectivity index (χ3n) is 4.28. The molecule has 0 aliphatic rings. The van der Waals surface area contributed by atoms with Crippen molar-refractivity contribution >= 4 is 17.0 Å². The second-order valence-corrected chi connectivity index (χ2v) is 7.25. The molecule has 0 radical (unpaired) electrons. The smallest absolute Gasteiger partial charge is 0.188 e. The molecule has 4 rings (SSSR count). The molecule has 0 aliphatic carbocycles. The number of aromatic nitrogens is 3. The van der Waals surface area contributed by atoms with Gasteiger partial charge in [0.25, 0.3) is 0 Å². The van der Waals surface area contributed by atoms with Gasteiger partial charge in [0.15, 0.2) is 10.8 Å². The molecular formula is C22H20N4S. The molecule has 0 aliphatic heterocycles. The minimum absolute atomic E-state index is 0.679. The summed E-state index contributed by atoms with van der Waals surface area (Å²) in [5.74, 6) is 0.679. The number of benzene rings is 2. The second-order valence-electron chi connectivity index (χ2n) is 6.39. The summed E-state index contributed by atoms with van der Waals surface area (Å²) in [6.07, 6.45) is 3.49. The van der Waals surface area contributed by atoms with Crippen LogP contribution in [0.4, 0.5) is 5.69 Å². The molecule has 2 aromatic carbocycles. The predicted molar refractivity (Wildman–Crippen MR) is 111 cm³/mol. The topological polar surface area (TPSA) is 41.9 Å². The summed E-state index contributed by atoms with van der Waals surface area (Å²) in [6, 6.07) is 21.0. The molecule has 2 aromatic heterocycles. The highest BCUT2D eigenvalue weighted by Gasteiger charge is 2.12. The summed E-state index contributed by atoms with van der Waals surface area (Å²) in [4.78, 5) is 15.7. The van der Waals surface area contributed by atoms with Crippen LogP contribution >= 0.6 is 11.3 Å². The summed E-state index contributed by atoms with van der Waals surface area (Å²) in [5, 5.41) is 2.95. The Morgan fingerprint density at radius 2 is 1.59 bits per heavy atom. The minimum atomic E-state index is 0.679. The van der Waals surface area contributed by atoms with Gasteiger partial charge in [-0.1, -0.05) is 48.0 Å². The Balaban J connectivity index is 1.59. The van der Waals surface area contributed by atoms with Crippen molar-refractivity contribution in [2.75, 3.05) is 4.90 Å². The molecule has 0 spiro atoms. The molecule has 0 saturated carbocycles. The third-order valence-corrected chi connectivity index (χ3v) is 5.16. The largest absolute Gasteiger partial charge is 0.361 e. The Kier molecular flexibility index (Phi) is 5.21. The molecule has 2 heterocycles. The highest BCUT2D eigenvalue weighted by molar-refractivity contribution is 7.13. The number of thiazole rings is 1. The van der Waals surface area contributed by atoms with E-state index >= 15 is 0 Å². The number of hydrogen-bond acceptors (Lipinski definition) is 5. The van der Waals surface area contributed by atoms with Crippen LogP contribution < -0.4 is 4.90 Å². The first-order valence-electron chi connectivity index (χ1n) is 8.85. The van der Waals surface area contributed by atoms with Gasteiger partial charge in [0, 0.05) is 30.0 Å². The molecule has 5 heteroatoms. The van der Waals surface area contributed by atoms with Crippen LogP contribution in [-0.4, -0.2) is 15.0 Å². The standard InChI is InChI=1S/C22H20N4S/c1-17-8-10-20(11-9-17)26(14-18-6-3-2-4-7-18)15-19-16-27-22(25-19)21-23-12-5-13-24-21/h2-13,16H,14-15H2,1H3. The van der Waals surface area contributed by atoms with Gasteiger partial charge in [-0.3, -0.25) is 0 Å². The summed E-state index contributed by atoms with van der Waals surface area (Å²) in [7, 11) is 0. The van der Waals surface area contributed by atoms with Crippen molar-refractivity contribution in [1.29, 1.82) is 0 Å². The van der Waals surface area contributed by atoms with Gasteiger partial charge in [-0.2, -0.15) is 0 Å². The summed E-state index contributed by atoms with van der Waals surface area (Å²) >= 11 is 1.59. The van der Waals surface area contributed by atoms with Crippen LogP contribution in [0.15, 0.2) is 78.4 Å². The Morgan fingerprint density at radius 3 is 2.33 bits per heavy atom. The van der Waals surface area contributed by atoms with E-state index in [1.54, 1.807) is 23.7 Å². The summed E-state index contributed by atoms with van der Waals surface area (Å²) in [5.41, 5.74) is 4.75. The SMILES string of the molecule is Cc1ccc(N(Cc2ccccc2)Cc2csc(-c3ncccn3)n2)cc1. The second kappa shape index (κ2) is 8.10. The molecule has 0 N–H and O–H groups in total. The van der Waals surface area contributed by atoms with Crippen molar-refractivity contribution in [3.05, 3.63) is 95.3 Å². The van der Waals surface area contributed by atoms with E-state index in [1.807, 2.05) is 12.1 Å². The molecule has 27 heavy (non-hydrogen) atoms. The summed E-state index contributed by atoms with van der Waals surface area (Å²) in [6.45, 7) is 3.68. The lowest BCUT2D eigenvalue weighted by Gasteiger charge is -2.24. The van der Waals surface area contributed by atoms with Crippen molar-refractivity contribution in [2.45, 2.75) is 20.0 Å². The van der Waals surface area contributed by atoms with E-state index in [9.17, 15) is 0 Å². The zero-order valence-electron chi connectivity index (χ0n) is 15.1. The fourth-order valence-corrected chi connectivity index (χ4v) is 3.64. The molecule has 0 saturated heterocycles. The molecule has 4 aromatic rings. The van der Waals surface area contributed by atoms with Gasteiger partial charge in [-0.15, -0.1) is 11.3 Å². The van der Waals surface area contributed by atoms with Gasteiger partial charge < -0.3 is 4.90 Å². The lowest BCUT2D eigenvalue weighted by molar-refractivity contribution is 0.786. The molecule has 0 fully saturated rings. The fraction of sp³-hybridized carbons (Fsp3) is 0.136. The van der Waals surface area contributed by atoms with Gasteiger partial charge >= 0.3 is 0 Å². The highest BCUT2D eigenvalue weighted by atomic mass is 32.1. The normalized spacial score (nSPS) is 10.7. The lowest BCUT2D eigenvalue weighted by atomic mass is 10.1. The molecular weight excluding hydrogens is 352 g/mol. The van der Waals surface area contributed by atoms with Crippen LogP contribution in [0.3, 0.4) is 0 Å². The van der Waals surface area contributed by atoms with Crippen molar-refractivity contribution in [2.24, 2.45) is 0 Å².